The molecule has 0 saturated heterocycles. The van der Waals surface area contributed by atoms with Crippen molar-refractivity contribution >= 4 is 17.5 Å². The number of carbonyl (C=O) groups is 1. The standard InChI is InChI=1S/C17H18ClNO/c1-11-8-13(3)15(9-12(11)2)17(20)19-10-14-6-4-5-7-16(14)18/h4-9H,10H2,1-3H3,(H,19,20). The molecule has 2 aromatic rings. The molecule has 1 N–H and O–H groups in total. The number of aryl methyl sites for hydroxylation is 3. The van der Waals surface area contributed by atoms with Gasteiger partial charge in [-0.15, -0.1) is 0 Å². The fourth-order valence-electron chi connectivity index (χ4n) is 2.12. The minimum absolute atomic E-state index is 0.0643. The maximum atomic E-state index is 12.3. The van der Waals surface area contributed by atoms with Crippen molar-refractivity contribution in [2.45, 2.75) is 27.3 Å². The van der Waals surface area contributed by atoms with Gasteiger partial charge in [-0.1, -0.05) is 35.9 Å². The Balaban J connectivity index is 2.13. The molecule has 0 aliphatic carbocycles. The summed E-state index contributed by atoms with van der Waals surface area (Å²) in [5.41, 5.74) is 4.96. The second kappa shape index (κ2) is 6.10. The predicted octanol–water partition coefficient (Wildman–Crippen LogP) is 4.20. The highest BCUT2D eigenvalue weighted by Crippen LogP contribution is 2.17. The Labute approximate surface area is 124 Å². The second-order valence-corrected chi connectivity index (χ2v) is 5.43. The summed E-state index contributed by atoms with van der Waals surface area (Å²) in [6, 6.07) is 11.5. The van der Waals surface area contributed by atoms with Crippen LogP contribution in [0, 0.1) is 20.8 Å². The van der Waals surface area contributed by atoms with E-state index in [1.165, 1.54) is 5.56 Å². The molecule has 20 heavy (non-hydrogen) atoms. The van der Waals surface area contributed by atoms with Crippen molar-refractivity contribution in [1.82, 2.24) is 5.32 Å². The number of benzene rings is 2. The largest absolute Gasteiger partial charge is 0.348 e. The second-order valence-electron chi connectivity index (χ2n) is 5.03. The van der Waals surface area contributed by atoms with Gasteiger partial charge in [-0.2, -0.15) is 0 Å². The molecule has 0 saturated carbocycles. The van der Waals surface area contributed by atoms with Crippen molar-refractivity contribution in [3.8, 4) is 0 Å². The summed E-state index contributed by atoms with van der Waals surface area (Å²) in [7, 11) is 0. The SMILES string of the molecule is Cc1cc(C)c(C(=O)NCc2ccccc2Cl)cc1C. The third-order valence-corrected chi connectivity index (χ3v) is 3.85. The van der Waals surface area contributed by atoms with Crippen LogP contribution in [0.15, 0.2) is 36.4 Å². The summed E-state index contributed by atoms with van der Waals surface area (Å²) in [6.07, 6.45) is 0. The Morgan fingerprint density at radius 3 is 2.40 bits per heavy atom. The van der Waals surface area contributed by atoms with E-state index < -0.39 is 0 Å². The van der Waals surface area contributed by atoms with E-state index in [1.807, 2.05) is 57.2 Å². The van der Waals surface area contributed by atoms with Crippen molar-refractivity contribution in [1.29, 1.82) is 0 Å². The van der Waals surface area contributed by atoms with Crippen molar-refractivity contribution < 1.29 is 4.79 Å². The molecule has 0 spiro atoms. The molecular formula is C17H18ClNO. The lowest BCUT2D eigenvalue weighted by molar-refractivity contribution is 0.0950. The van der Waals surface area contributed by atoms with Crippen LogP contribution in [0.3, 0.4) is 0 Å². The first-order valence-corrected chi connectivity index (χ1v) is 6.96. The van der Waals surface area contributed by atoms with Gasteiger partial charge >= 0.3 is 0 Å². The lowest BCUT2D eigenvalue weighted by atomic mass is 10.0. The van der Waals surface area contributed by atoms with Gasteiger partial charge in [0.2, 0.25) is 0 Å². The van der Waals surface area contributed by atoms with Crippen molar-refractivity contribution in [3.63, 3.8) is 0 Å². The van der Waals surface area contributed by atoms with E-state index in [-0.39, 0.29) is 5.91 Å². The lowest BCUT2D eigenvalue weighted by Crippen LogP contribution is -2.24. The van der Waals surface area contributed by atoms with Crippen LogP contribution in [0.25, 0.3) is 0 Å². The zero-order valence-electron chi connectivity index (χ0n) is 12.0. The van der Waals surface area contributed by atoms with Crippen molar-refractivity contribution in [3.05, 3.63) is 69.2 Å². The van der Waals surface area contributed by atoms with E-state index >= 15 is 0 Å². The first kappa shape index (κ1) is 14.6. The van der Waals surface area contributed by atoms with Crippen LogP contribution < -0.4 is 5.32 Å². The zero-order chi connectivity index (χ0) is 14.7. The van der Waals surface area contributed by atoms with E-state index in [2.05, 4.69) is 5.32 Å². The van der Waals surface area contributed by atoms with Gasteiger partial charge in [0.25, 0.3) is 5.91 Å². The smallest absolute Gasteiger partial charge is 0.251 e. The molecule has 2 nitrogen and oxygen atoms in total. The van der Waals surface area contributed by atoms with Crippen LogP contribution >= 0.6 is 11.6 Å². The minimum Gasteiger partial charge on any atom is -0.348 e. The topological polar surface area (TPSA) is 29.1 Å². The highest BCUT2D eigenvalue weighted by Gasteiger charge is 2.10. The lowest BCUT2D eigenvalue weighted by Gasteiger charge is -2.11. The highest BCUT2D eigenvalue weighted by atomic mass is 35.5. The molecule has 0 heterocycles. The third-order valence-electron chi connectivity index (χ3n) is 3.48. The molecule has 0 unspecified atom stereocenters. The summed E-state index contributed by atoms with van der Waals surface area (Å²) in [5, 5.41) is 3.59. The number of halogens is 1. The molecule has 0 aliphatic heterocycles. The molecule has 1 amide bonds. The Morgan fingerprint density at radius 2 is 1.70 bits per heavy atom. The van der Waals surface area contributed by atoms with Crippen LogP contribution in [0.2, 0.25) is 5.02 Å². The number of hydrogen-bond donors (Lipinski definition) is 1. The maximum Gasteiger partial charge on any atom is 0.251 e. The molecular weight excluding hydrogens is 270 g/mol. The van der Waals surface area contributed by atoms with Gasteiger partial charge in [0, 0.05) is 17.1 Å². The summed E-state index contributed by atoms with van der Waals surface area (Å²) in [5.74, 6) is -0.0643. The van der Waals surface area contributed by atoms with Crippen LogP contribution in [0.5, 0.6) is 0 Å². The molecule has 0 bridgehead atoms. The fourth-order valence-corrected chi connectivity index (χ4v) is 2.32. The van der Waals surface area contributed by atoms with Gasteiger partial charge in [-0.25, -0.2) is 0 Å². The molecule has 2 aromatic carbocycles. The monoisotopic (exact) mass is 287 g/mol. The van der Waals surface area contributed by atoms with Crippen LogP contribution in [0.4, 0.5) is 0 Å². The van der Waals surface area contributed by atoms with Crippen LogP contribution in [-0.2, 0) is 6.54 Å². The number of carbonyl (C=O) groups excluding carboxylic acids is 1. The molecule has 0 aromatic heterocycles. The van der Waals surface area contributed by atoms with E-state index in [1.54, 1.807) is 0 Å². The number of hydrogen-bond acceptors (Lipinski definition) is 1. The fraction of sp³-hybridized carbons (Fsp3) is 0.235. The quantitative estimate of drug-likeness (QED) is 0.901. The maximum absolute atomic E-state index is 12.3. The van der Waals surface area contributed by atoms with Gasteiger partial charge in [-0.3, -0.25) is 4.79 Å². The third kappa shape index (κ3) is 3.20. The number of rotatable bonds is 3. The molecule has 0 radical (unpaired) electrons. The molecule has 0 atom stereocenters. The normalized spacial score (nSPS) is 10.4. The summed E-state index contributed by atoms with van der Waals surface area (Å²) in [4.78, 5) is 12.3. The first-order valence-electron chi connectivity index (χ1n) is 6.58. The molecule has 0 aliphatic rings. The summed E-state index contributed by atoms with van der Waals surface area (Å²) in [6.45, 7) is 6.45. The Morgan fingerprint density at radius 1 is 1.05 bits per heavy atom. The average Bonchev–Trinajstić information content (AvgIpc) is 2.41. The first-order chi connectivity index (χ1) is 9.49. The Hall–Kier alpha value is -1.80. The Bertz CT molecular complexity index is 649. The summed E-state index contributed by atoms with van der Waals surface area (Å²) >= 11 is 6.08. The number of nitrogens with one attached hydrogen (secondary N) is 1. The van der Waals surface area contributed by atoms with Gasteiger partial charge in [-0.05, 0) is 55.2 Å². The van der Waals surface area contributed by atoms with Gasteiger partial charge in [0.15, 0.2) is 0 Å². The minimum atomic E-state index is -0.0643. The van der Waals surface area contributed by atoms with E-state index in [0.717, 1.165) is 22.3 Å². The zero-order valence-corrected chi connectivity index (χ0v) is 12.7. The molecule has 0 fully saturated rings. The van der Waals surface area contributed by atoms with Crippen LogP contribution in [0.1, 0.15) is 32.6 Å². The van der Waals surface area contributed by atoms with Crippen LogP contribution in [-0.4, -0.2) is 5.91 Å². The van der Waals surface area contributed by atoms with E-state index in [0.29, 0.717) is 11.6 Å². The van der Waals surface area contributed by atoms with E-state index in [9.17, 15) is 4.79 Å². The highest BCUT2D eigenvalue weighted by molar-refractivity contribution is 6.31. The molecule has 104 valence electrons. The van der Waals surface area contributed by atoms with Gasteiger partial charge in [0.05, 0.1) is 0 Å². The average molecular weight is 288 g/mol. The van der Waals surface area contributed by atoms with Gasteiger partial charge < -0.3 is 5.32 Å². The predicted molar refractivity (Wildman–Crippen MR) is 83.3 cm³/mol. The van der Waals surface area contributed by atoms with Gasteiger partial charge in [0.1, 0.15) is 0 Å². The van der Waals surface area contributed by atoms with Crippen molar-refractivity contribution in [2.75, 3.05) is 0 Å². The number of amides is 1. The summed E-state index contributed by atoms with van der Waals surface area (Å²) < 4.78 is 0. The van der Waals surface area contributed by atoms with Crippen molar-refractivity contribution in [2.24, 2.45) is 0 Å². The molecule has 3 heteroatoms. The molecule has 2 rings (SSSR count). The van der Waals surface area contributed by atoms with E-state index in [4.69, 9.17) is 11.6 Å². The Kier molecular flexibility index (Phi) is 4.46.